The summed E-state index contributed by atoms with van der Waals surface area (Å²) in [5.74, 6) is -1.29. The van der Waals surface area contributed by atoms with Gasteiger partial charge in [0.05, 0.1) is 12.2 Å². The molecule has 3 aromatic rings. The molecule has 4 rings (SSSR count). The third kappa shape index (κ3) is 4.08. The maximum atomic E-state index is 13.4. The molecule has 8 heteroatoms. The Morgan fingerprint density at radius 3 is 2.47 bits per heavy atom. The van der Waals surface area contributed by atoms with E-state index in [0.717, 1.165) is 4.88 Å². The normalized spacial score (nSPS) is 15.7. The molecule has 2 aromatic carbocycles. The van der Waals surface area contributed by atoms with Crippen molar-refractivity contribution in [2.24, 2.45) is 10.8 Å². The molecule has 2 amide bonds. The van der Waals surface area contributed by atoms with Crippen LogP contribution in [-0.4, -0.2) is 23.6 Å². The fraction of sp³-hybridized carbons (Fsp3) is 0.136. The van der Waals surface area contributed by atoms with Gasteiger partial charge in [0.2, 0.25) is 5.91 Å². The third-order valence-electron chi connectivity index (χ3n) is 4.78. The van der Waals surface area contributed by atoms with Gasteiger partial charge < -0.3 is 10.6 Å². The molecule has 0 bridgehead atoms. The molecule has 1 aliphatic heterocycles. The number of nitrogens with two attached hydrogens (primary N) is 1. The van der Waals surface area contributed by atoms with Crippen molar-refractivity contribution in [3.8, 4) is 0 Å². The van der Waals surface area contributed by atoms with Crippen LogP contribution in [0.25, 0.3) is 0 Å². The molecule has 30 heavy (non-hydrogen) atoms. The third-order valence-corrected chi connectivity index (χ3v) is 5.65. The van der Waals surface area contributed by atoms with E-state index in [1.165, 1.54) is 33.4 Å². The van der Waals surface area contributed by atoms with E-state index in [2.05, 4.69) is 5.10 Å². The number of anilines is 2. The van der Waals surface area contributed by atoms with Gasteiger partial charge in [0, 0.05) is 17.0 Å². The highest BCUT2D eigenvalue weighted by atomic mass is 32.1. The summed E-state index contributed by atoms with van der Waals surface area (Å²) in [5, 5.41) is 7.86. The molecule has 1 aromatic heterocycles. The Hall–Kier alpha value is -3.52. The van der Waals surface area contributed by atoms with E-state index in [1.807, 2.05) is 35.7 Å². The van der Waals surface area contributed by atoms with E-state index >= 15 is 0 Å². The maximum Gasteiger partial charge on any atom is 0.274 e. The van der Waals surface area contributed by atoms with Crippen LogP contribution < -0.4 is 15.6 Å². The van der Waals surface area contributed by atoms with Crippen LogP contribution in [0.3, 0.4) is 0 Å². The second-order valence-corrected chi connectivity index (χ2v) is 7.83. The number of hydrogen-bond acceptors (Lipinski definition) is 5. The molecular weight excluding hydrogens is 403 g/mol. The van der Waals surface area contributed by atoms with Crippen LogP contribution in [0.15, 0.2) is 77.2 Å². The first kappa shape index (κ1) is 19.8. The van der Waals surface area contributed by atoms with Crippen LogP contribution in [0.2, 0.25) is 0 Å². The molecule has 0 fully saturated rings. The fourth-order valence-electron chi connectivity index (χ4n) is 3.30. The molecule has 6 nitrogen and oxygen atoms in total. The van der Waals surface area contributed by atoms with Gasteiger partial charge in [-0.25, -0.2) is 4.39 Å². The van der Waals surface area contributed by atoms with E-state index in [1.54, 1.807) is 24.3 Å². The number of carbonyl (C=O) groups is 2. The monoisotopic (exact) mass is 422 g/mol. The Kier molecular flexibility index (Phi) is 5.58. The van der Waals surface area contributed by atoms with Crippen LogP contribution >= 0.6 is 11.3 Å². The van der Waals surface area contributed by atoms with Gasteiger partial charge in [0.1, 0.15) is 17.6 Å². The highest BCUT2D eigenvalue weighted by molar-refractivity contribution is 7.09. The van der Waals surface area contributed by atoms with Gasteiger partial charge in [-0.2, -0.15) is 5.10 Å². The SMILES string of the molecule is NC(=O)C1CC(C(=O)N(Cc2cccs2)c2ccc(F)cc2)=NN1c1ccccc1. The Balaban J connectivity index is 1.68. The first-order chi connectivity index (χ1) is 14.5. The molecule has 1 aliphatic rings. The van der Waals surface area contributed by atoms with Crippen molar-refractivity contribution in [1.82, 2.24) is 0 Å². The predicted octanol–water partition coefficient (Wildman–Crippen LogP) is 3.54. The van der Waals surface area contributed by atoms with Gasteiger partial charge >= 0.3 is 0 Å². The smallest absolute Gasteiger partial charge is 0.274 e. The first-order valence-electron chi connectivity index (χ1n) is 9.34. The van der Waals surface area contributed by atoms with Crippen LogP contribution in [0.1, 0.15) is 11.3 Å². The zero-order valence-electron chi connectivity index (χ0n) is 15.9. The lowest BCUT2D eigenvalue weighted by molar-refractivity contribution is -0.119. The van der Waals surface area contributed by atoms with E-state index in [0.29, 0.717) is 17.9 Å². The van der Waals surface area contributed by atoms with Gasteiger partial charge in [-0.1, -0.05) is 24.3 Å². The molecular formula is C22H19FN4O2S. The Bertz CT molecular complexity index is 1070. The van der Waals surface area contributed by atoms with Crippen molar-refractivity contribution in [2.75, 3.05) is 9.91 Å². The average Bonchev–Trinajstić information content (AvgIpc) is 3.43. The number of benzene rings is 2. The predicted molar refractivity (Wildman–Crippen MR) is 116 cm³/mol. The van der Waals surface area contributed by atoms with Crippen molar-refractivity contribution in [3.63, 3.8) is 0 Å². The summed E-state index contributed by atoms with van der Waals surface area (Å²) in [6.07, 6.45) is 0.102. The summed E-state index contributed by atoms with van der Waals surface area (Å²) in [5.41, 5.74) is 7.03. The summed E-state index contributed by atoms with van der Waals surface area (Å²) in [6, 6.07) is 17.9. The van der Waals surface area contributed by atoms with Gasteiger partial charge in [0.15, 0.2) is 0 Å². The molecule has 0 saturated heterocycles. The highest BCUT2D eigenvalue weighted by Crippen LogP contribution is 2.27. The quantitative estimate of drug-likeness (QED) is 0.660. The van der Waals surface area contributed by atoms with Gasteiger partial charge in [-0.3, -0.25) is 14.6 Å². The molecule has 1 unspecified atom stereocenters. The molecule has 152 valence electrons. The van der Waals surface area contributed by atoms with Crippen molar-refractivity contribution in [3.05, 3.63) is 82.8 Å². The minimum absolute atomic E-state index is 0.102. The Morgan fingerprint density at radius 1 is 1.10 bits per heavy atom. The van der Waals surface area contributed by atoms with Gasteiger partial charge in [-0.05, 0) is 47.8 Å². The molecule has 1 atom stereocenters. The number of rotatable bonds is 6. The number of carbonyl (C=O) groups excluding carboxylic acids is 2. The summed E-state index contributed by atoms with van der Waals surface area (Å²) in [6.45, 7) is 0.313. The van der Waals surface area contributed by atoms with Crippen LogP contribution in [0, 0.1) is 5.82 Å². The van der Waals surface area contributed by atoms with E-state index < -0.39 is 11.9 Å². The zero-order chi connectivity index (χ0) is 21.1. The number of primary amides is 1. The number of hydrazone groups is 1. The number of amides is 2. The minimum atomic E-state index is -0.747. The maximum absolute atomic E-state index is 13.4. The first-order valence-corrected chi connectivity index (χ1v) is 10.2. The molecule has 0 saturated carbocycles. The van der Waals surface area contributed by atoms with E-state index in [4.69, 9.17) is 5.73 Å². The largest absolute Gasteiger partial charge is 0.368 e. The lowest BCUT2D eigenvalue weighted by Gasteiger charge is -2.22. The summed E-state index contributed by atoms with van der Waals surface area (Å²) in [4.78, 5) is 28.0. The zero-order valence-corrected chi connectivity index (χ0v) is 16.8. The molecule has 0 aliphatic carbocycles. The number of halogens is 1. The highest BCUT2D eigenvalue weighted by Gasteiger charge is 2.37. The molecule has 0 radical (unpaired) electrons. The molecule has 2 N–H and O–H groups in total. The van der Waals surface area contributed by atoms with Crippen LogP contribution in [0.5, 0.6) is 0 Å². The second kappa shape index (κ2) is 8.46. The standard InChI is InChI=1S/C22H19FN4O2S/c23-15-8-10-16(11-9-15)26(14-18-7-4-12-30-18)22(29)19-13-20(21(24)28)27(25-19)17-5-2-1-3-6-17/h1-12,20H,13-14H2,(H2,24,28). The van der Waals surface area contributed by atoms with Crippen molar-refractivity contribution < 1.29 is 14.0 Å². The summed E-state index contributed by atoms with van der Waals surface area (Å²) in [7, 11) is 0. The minimum Gasteiger partial charge on any atom is -0.368 e. The summed E-state index contributed by atoms with van der Waals surface area (Å²) < 4.78 is 13.4. The van der Waals surface area contributed by atoms with Gasteiger partial charge in [0.25, 0.3) is 5.91 Å². The van der Waals surface area contributed by atoms with E-state index in [-0.39, 0.29) is 23.9 Å². The molecule has 2 heterocycles. The Labute approximate surface area is 177 Å². The topological polar surface area (TPSA) is 79.0 Å². The lowest BCUT2D eigenvalue weighted by atomic mass is 10.1. The number of thiophene rings is 1. The Morgan fingerprint density at radius 2 is 1.83 bits per heavy atom. The van der Waals surface area contributed by atoms with Crippen molar-refractivity contribution in [1.29, 1.82) is 0 Å². The second-order valence-electron chi connectivity index (χ2n) is 6.80. The van der Waals surface area contributed by atoms with Crippen molar-refractivity contribution in [2.45, 2.75) is 19.0 Å². The number of para-hydroxylation sites is 1. The van der Waals surface area contributed by atoms with Crippen molar-refractivity contribution >= 4 is 40.2 Å². The fourth-order valence-corrected chi connectivity index (χ4v) is 3.99. The van der Waals surface area contributed by atoms with Crippen LogP contribution in [0.4, 0.5) is 15.8 Å². The lowest BCUT2D eigenvalue weighted by Crippen LogP contribution is -2.40. The average molecular weight is 422 g/mol. The number of nitrogens with zero attached hydrogens (tertiary/aromatic N) is 3. The number of hydrogen-bond donors (Lipinski definition) is 1. The van der Waals surface area contributed by atoms with Gasteiger partial charge in [-0.15, -0.1) is 11.3 Å². The van der Waals surface area contributed by atoms with Crippen LogP contribution in [-0.2, 0) is 16.1 Å². The van der Waals surface area contributed by atoms with E-state index in [9.17, 15) is 14.0 Å². The molecule has 0 spiro atoms. The summed E-state index contributed by atoms with van der Waals surface area (Å²) >= 11 is 1.52.